The molecule has 1 aromatic carbocycles. The highest BCUT2D eigenvalue weighted by atomic mass is 19.1. The van der Waals surface area contributed by atoms with Crippen molar-refractivity contribution in [2.75, 3.05) is 6.61 Å². The predicted octanol–water partition coefficient (Wildman–Crippen LogP) is 3.76. The molecule has 5 nitrogen and oxygen atoms in total. The molecule has 0 unspecified atom stereocenters. The van der Waals surface area contributed by atoms with Crippen LogP contribution in [0.5, 0.6) is 5.75 Å². The molecule has 0 spiro atoms. The Bertz CT molecular complexity index is 808. The minimum atomic E-state index is -0.439. The first-order chi connectivity index (χ1) is 13.0. The third-order valence-electron chi connectivity index (χ3n) is 4.19. The van der Waals surface area contributed by atoms with Crippen molar-refractivity contribution in [2.24, 2.45) is 7.05 Å². The van der Waals surface area contributed by atoms with Gasteiger partial charge in [0.1, 0.15) is 5.69 Å². The van der Waals surface area contributed by atoms with Crippen LogP contribution in [0.15, 0.2) is 24.3 Å². The van der Waals surface area contributed by atoms with E-state index in [0.29, 0.717) is 17.9 Å². The summed E-state index contributed by atoms with van der Waals surface area (Å²) in [6.45, 7) is 2.35. The number of rotatable bonds is 10. The van der Waals surface area contributed by atoms with Gasteiger partial charge < -0.3 is 10.1 Å². The van der Waals surface area contributed by atoms with E-state index in [2.05, 4.69) is 16.3 Å². The van der Waals surface area contributed by atoms with Gasteiger partial charge in [-0.25, -0.2) is 4.39 Å². The molecular weight excluding hydrogens is 345 g/mol. The Morgan fingerprint density at radius 3 is 2.81 bits per heavy atom. The Balaban J connectivity index is 1.84. The van der Waals surface area contributed by atoms with E-state index in [9.17, 15) is 9.18 Å². The first-order valence-corrected chi connectivity index (χ1v) is 9.15. The molecule has 0 aliphatic rings. The Hall–Kier alpha value is -2.81. The van der Waals surface area contributed by atoms with Crippen molar-refractivity contribution in [2.45, 2.75) is 45.6 Å². The van der Waals surface area contributed by atoms with E-state index in [1.807, 2.05) is 6.92 Å². The average Bonchev–Trinajstić information content (AvgIpc) is 2.99. The summed E-state index contributed by atoms with van der Waals surface area (Å²) in [7, 11) is 1.70. The van der Waals surface area contributed by atoms with Crippen LogP contribution in [-0.4, -0.2) is 22.3 Å². The maximum Gasteiger partial charge on any atom is 0.269 e. The number of terminal acetylenes is 1. The monoisotopic (exact) mass is 371 g/mol. The summed E-state index contributed by atoms with van der Waals surface area (Å²) in [5.74, 6) is 2.09. The maximum absolute atomic E-state index is 14.6. The highest BCUT2D eigenvalue weighted by molar-refractivity contribution is 5.92. The van der Waals surface area contributed by atoms with Crippen molar-refractivity contribution in [1.82, 2.24) is 15.1 Å². The molecular formula is C21H26FN3O2. The van der Waals surface area contributed by atoms with Gasteiger partial charge in [-0.1, -0.05) is 25.0 Å². The second kappa shape index (κ2) is 10.4. The van der Waals surface area contributed by atoms with E-state index >= 15 is 0 Å². The number of nitrogens with zero attached hydrogens (tertiary/aromatic N) is 2. The predicted molar refractivity (Wildman–Crippen MR) is 103 cm³/mol. The van der Waals surface area contributed by atoms with Crippen LogP contribution < -0.4 is 10.1 Å². The van der Waals surface area contributed by atoms with E-state index in [4.69, 9.17) is 11.2 Å². The average molecular weight is 371 g/mol. The lowest BCUT2D eigenvalue weighted by Gasteiger charge is -2.11. The molecule has 0 aliphatic carbocycles. The minimum absolute atomic E-state index is 0.0815. The molecule has 6 heteroatoms. The summed E-state index contributed by atoms with van der Waals surface area (Å²) in [6.07, 6.45) is 9.92. The Morgan fingerprint density at radius 2 is 2.11 bits per heavy atom. The molecule has 1 aromatic heterocycles. The highest BCUT2D eigenvalue weighted by Crippen LogP contribution is 2.21. The van der Waals surface area contributed by atoms with Crippen LogP contribution in [0.2, 0.25) is 0 Å². The molecule has 144 valence electrons. The fourth-order valence-corrected chi connectivity index (χ4v) is 2.76. The number of amides is 1. The number of hydrogen-bond donors (Lipinski definition) is 1. The summed E-state index contributed by atoms with van der Waals surface area (Å²) in [5, 5.41) is 6.86. The number of nitrogens with one attached hydrogen (secondary N) is 1. The molecule has 0 saturated carbocycles. The van der Waals surface area contributed by atoms with Crippen molar-refractivity contribution < 1.29 is 13.9 Å². The molecule has 27 heavy (non-hydrogen) atoms. The van der Waals surface area contributed by atoms with E-state index in [-0.39, 0.29) is 18.2 Å². The summed E-state index contributed by atoms with van der Waals surface area (Å²) < 4.78 is 21.6. The summed E-state index contributed by atoms with van der Waals surface area (Å²) in [6, 6.07) is 6.65. The van der Waals surface area contributed by atoms with Gasteiger partial charge in [0.25, 0.3) is 5.91 Å². The Labute approximate surface area is 159 Å². The van der Waals surface area contributed by atoms with Gasteiger partial charge in [0.05, 0.1) is 12.3 Å². The lowest BCUT2D eigenvalue weighted by Crippen LogP contribution is -2.25. The van der Waals surface area contributed by atoms with Crippen molar-refractivity contribution in [3.8, 4) is 18.1 Å². The number of aromatic nitrogens is 2. The van der Waals surface area contributed by atoms with Crippen molar-refractivity contribution >= 4 is 5.91 Å². The number of halogens is 1. The van der Waals surface area contributed by atoms with Crippen LogP contribution in [0.4, 0.5) is 4.39 Å². The normalized spacial score (nSPS) is 10.4. The van der Waals surface area contributed by atoms with Crippen molar-refractivity contribution in [3.05, 3.63) is 47.0 Å². The standard InChI is InChI=1S/C21H26FN3O2/c1-4-5-6-7-8-9-13-27-19-12-10-11-17(20(19)22)15-23-21(26)18-14-16(2)24-25(18)3/h1,10-12,14H,5-9,13,15H2,2-3H3,(H,23,26). The van der Waals surface area contributed by atoms with E-state index < -0.39 is 5.82 Å². The van der Waals surface area contributed by atoms with Gasteiger partial charge in [-0.05, 0) is 31.9 Å². The third-order valence-corrected chi connectivity index (χ3v) is 4.19. The van der Waals surface area contributed by atoms with Gasteiger partial charge in [0.15, 0.2) is 11.6 Å². The first-order valence-electron chi connectivity index (χ1n) is 9.15. The van der Waals surface area contributed by atoms with Crippen LogP contribution in [-0.2, 0) is 13.6 Å². The zero-order valence-electron chi connectivity index (χ0n) is 15.9. The number of carbonyl (C=O) groups is 1. The molecule has 1 heterocycles. The Morgan fingerprint density at radius 1 is 1.33 bits per heavy atom. The SMILES string of the molecule is C#CCCCCCCOc1cccc(CNC(=O)c2cc(C)nn2C)c1F. The third kappa shape index (κ3) is 6.14. The van der Waals surface area contributed by atoms with Gasteiger partial charge in [-0.2, -0.15) is 5.10 Å². The molecule has 1 N–H and O–H groups in total. The van der Waals surface area contributed by atoms with Gasteiger partial charge in [0, 0.05) is 25.6 Å². The van der Waals surface area contributed by atoms with Gasteiger partial charge in [0.2, 0.25) is 0 Å². The number of carbonyl (C=O) groups excluding carboxylic acids is 1. The maximum atomic E-state index is 14.6. The summed E-state index contributed by atoms with van der Waals surface area (Å²) in [5.41, 5.74) is 1.57. The molecule has 2 aromatic rings. The molecule has 0 radical (unpaired) electrons. The number of hydrogen-bond acceptors (Lipinski definition) is 3. The smallest absolute Gasteiger partial charge is 0.269 e. The van der Waals surface area contributed by atoms with Crippen LogP contribution >= 0.6 is 0 Å². The van der Waals surface area contributed by atoms with Gasteiger partial charge in [-0.15, -0.1) is 12.3 Å². The topological polar surface area (TPSA) is 56.1 Å². The first kappa shape index (κ1) is 20.5. The lowest BCUT2D eigenvalue weighted by molar-refractivity contribution is 0.0941. The molecule has 2 rings (SSSR count). The molecule has 0 aliphatic heterocycles. The van der Waals surface area contributed by atoms with E-state index in [0.717, 1.165) is 37.8 Å². The second-order valence-electron chi connectivity index (χ2n) is 6.42. The molecule has 0 fully saturated rings. The number of aryl methyl sites for hydroxylation is 2. The zero-order chi connectivity index (χ0) is 19.6. The summed E-state index contributed by atoms with van der Waals surface area (Å²) >= 11 is 0. The quantitative estimate of drug-likeness (QED) is 0.511. The van der Waals surface area contributed by atoms with Crippen molar-refractivity contribution in [1.29, 1.82) is 0 Å². The molecule has 1 amide bonds. The minimum Gasteiger partial charge on any atom is -0.491 e. The van der Waals surface area contributed by atoms with Crippen LogP contribution in [0.3, 0.4) is 0 Å². The number of ether oxygens (including phenoxy) is 1. The van der Waals surface area contributed by atoms with E-state index in [1.165, 1.54) is 4.68 Å². The second-order valence-corrected chi connectivity index (χ2v) is 6.42. The number of unbranched alkanes of at least 4 members (excludes halogenated alkanes) is 4. The fourth-order valence-electron chi connectivity index (χ4n) is 2.76. The fraction of sp³-hybridized carbons (Fsp3) is 0.429. The summed E-state index contributed by atoms with van der Waals surface area (Å²) in [4.78, 5) is 12.2. The molecule has 0 saturated heterocycles. The zero-order valence-corrected chi connectivity index (χ0v) is 15.9. The van der Waals surface area contributed by atoms with Gasteiger partial charge >= 0.3 is 0 Å². The highest BCUT2D eigenvalue weighted by Gasteiger charge is 2.14. The van der Waals surface area contributed by atoms with Gasteiger partial charge in [-0.3, -0.25) is 9.48 Å². The number of benzene rings is 1. The Kier molecular flexibility index (Phi) is 7.87. The molecule has 0 atom stereocenters. The van der Waals surface area contributed by atoms with Crippen LogP contribution in [0.1, 0.15) is 53.8 Å². The largest absolute Gasteiger partial charge is 0.491 e. The van der Waals surface area contributed by atoms with Crippen LogP contribution in [0, 0.1) is 25.1 Å². The van der Waals surface area contributed by atoms with E-state index in [1.54, 1.807) is 31.3 Å². The lowest BCUT2D eigenvalue weighted by atomic mass is 10.1. The molecule has 0 bridgehead atoms. The van der Waals surface area contributed by atoms with Crippen LogP contribution in [0.25, 0.3) is 0 Å². The van der Waals surface area contributed by atoms with Crippen molar-refractivity contribution in [3.63, 3.8) is 0 Å².